The summed E-state index contributed by atoms with van der Waals surface area (Å²) in [5.41, 5.74) is 0.772. The molecule has 0 spiro atoms. The van der Waals surface area contributed by atoms with Crippen LogP contribution in [0.25, 0.3) is 0 Å². The van der Waals surface area contributed by atoms with E-state index in [0.29, 0.717) is 13.2 Å². The van der Waals surface area contributed by atoms with Crippen LogP contribution in [0, 0.1) is 5.92 Å². The van der Waals surface area contributed by atoms with E-state index in [9.17, 15) is 9.59 Å². The fourth-order valence-electron chi connectivity index (χ4n) is 2.54. The SMILES string of the molecule is CCOC(=O)C1CCN(CC(=O)Nc2ccccc2Br)CC1. The zero-order valence-electron chi connectivity index (χ0n) is 12.7. The second kappa shape index (κ2) is 8.29. The van der Waals surface area contributed by atoms with E-state index in [1.807, 2.05) is 31.2 Å². The molecule has 0 aromatic heterocycles. The minimum Gasteiger partial charge on any atom is -0.466 e. The number of hydrogen-bond donors (Lipinski definition) is 1. The van der Waals surface area contributed by atoms with Crippen molar-refractivity contribution in [3.05, 3.63) is 28.7 Å². The molecular formula is C16H21BrN2O3. The minimum absolute atomic E-state index is 0.0254. The predicted molar refractivity (Wildman–Crippen MR) is 88.6 cm³/mol. The highest BCUT2D eigenvalue weighted by Gasteiger charge is 2.26. The fourth-order valence-corrected chi connectivity index (χ4v) is 2.93. The normalized spacial score (nSPS) is 16.3. The number of nitrogens with zero attached hydrogens (tertiary/aromatic N) is 1. The van der Waals surface area contributed by atoms with Crippen molar-refractivity contribution in [2.24, 2.45) is 5.92 Å². The first-order valence-corrected chi connectivity index (χ1v) is 8.32. The number of esters is 1. The van der Waals surface area contributed by atoms with Gasteiger partial charge in [-0.15, -0.1) is 0 Å². The van der Waals surface area contributed by atoms with Crippen LogP contribution in [0.2, 0.25) is 0 Å². The second-order valence-electron chi connectivity index (χ2n) is 5.33. The van der Waals surface area contributed by atoms with E-state index in [-0.39, 0.29) is 17.8 Å². The molecule has 5 nitrogen and oxygen atoms in total. The standard InChI is InChI=1S/C16H21BrN2O3/c1-2-22-16(21)12-7-9-19(10-8-12)11-15(20)18-14-6-4-3-5-13(14)17/h3-6,12H,2,7-11H2,1H3,(H,18,20). The van der Waals surface area contributed by atoms with Crippen LogP contribution < -0.4 is 5.32 Å². The Bertz CT molecular complexity index is 528. The highest BCUT2D eigenvalue weighted by molar-refractivity contribution is 9.10. The van der Waals surface area contributed by atoms with Crippen molar-refractivity contribution < 1.29 is 14.3 Å². The molecule has 1 N–H and O–H groups in total. The molecule has 0 atom stereocenters. The van der Waals surface area contributed by atoms with Crippen molar-refractivity contribution in [1.82, 2.24) is 4.90 Å². The molecule has 1 amide bonds. The smallest absolute Gasteiger partial charge is 0.309 e. The van der Waals surface area contributed by atoms with Gasteiger partial charge in [0.15, 0.2) is 0 Å². The molecule has 2 rings (SSSR count). The number of carbonyl (C=O) groups excluding carboxylic acids is 2. The third kappa shape index (κ3) is 4.81. The molecule has 0 saturated carbocycles. The number of anilines is 1. The average Bonchev–Trinajstić information content (AvgIpc) is 2.50. The van der Waals surface area contributed by atoms with E-state index >= 15 is 0 Å². The highest BCUT2D eigenvalue weighted by atomic mass is 79.9. The zero-order chi connectivity index (χ0) is 15.9. The molecule has 1 heterocycles. The predicted octanol–water partition coefficient (Wildman–Crippen LogP) is 2.66. The molecule has 120 valence electrons. The summed E-state index contributed by atoms with van der Waals surface area (Å²) in [4.78, 5) is 25.8. The van der Waals surface area contributed by atoms with Gasteiger partial charge >= 0.3 is 5.97 Å². The third-order valence-corrected chi connectivity index (χ3v) is 4.41. The number of piperidine rings is 1. The summed E-state index contributed by atoms with van der Waals surface area (Å²) in [5, 5.41) is 2.89. The van der Waals surface area contributed by atoms with Crippen molar-refractivity contribution in [3.63, 3.8) is 0 Å². The summed E-state index contributed by atoms with van der Waals surface area (Å²) in [6.45, 7) is 4.07. The molecule has 1 aliphatic heterocycles. The maximum absolute atomic E-state index is 12.1. The Kier molecular flexibility index (Phi) is 6.39. The molecule has 1 fully saturated rings. The lowest BCUT2D eigenvalue weighted by Crippen LogP contribution is -2.41. The lowest BCUT2D eigenvalue weighted by Gasteiger charge is -2.30. The first kappa shape index (κ1) is 17.0. The minimum atomic E-state index is -0.111. The van der Waals surface area contributed by atoms with Crippen molar-refractivity contribution in [2.75, 3.05) is 31.6 Å². The number of benzene rings is 1. The molecule has 0 radical (unpaired) electrons. The van der Waals surface area contributed by atoms with Gasteiger partial charge in [-0.1, -0.05) is 12.1 Å². The number of likely N-dealkylation sites (tertiary alicyclic amines) is 1. The van der Waals surface area contributed by atoms with Crippen molar-refractivity contribution in [3.8, 4) is 0 Å². The average molecular weight is 369 g/mol. The number of rotatable bonds is 5. The van der Waals surface area contributed by atoms with Crippen LogP contribution in [0.3, 0.4) is 0 Å². The largest absolute Gasteiger partial charge is 0.466 e. The van der Waals surface area contributed by atoms with Crippen LogP contribution in [-0.2, 0) is 14.3 Å². The molecule has 6 heteroatoms. The van der Waals surface area contributed by atoms with E-state index in [1.165, 1.54) is 0 Å². The number of hydrogen-bond acceptors (Lipinski definition) is 4. The summed E-state index contributed by atoms with van der Waals surface area (Å²) in [5.74, 6) is -0.177. The highest BCUT2D eigenvalue weighted by Crippen LogP contribution is 2.22. The van der Waals surface area contributed by atoms with Crippen LogP contribution in [-0.4, -0.2) is 43.0 Å². The number of amides is 1. The van der Waals surface area contributed by atoms with E-state index in [4.69, 9.17) is 4.74 Å². The van der Waals surface area contributed by atoms with Gasteiger partial charge in [0, 0.05) is 4.47 Å². The molecule has 1 aromatic carbocycles. The monoisotopic (exact) mass is 368 g/mol. The first-order valence-electron chi connectivity index (χ1n) is 7.53. The second-order valence-corrected chi connectivity index (χ2v) is 6.18. The Balaban J connectivity index is 1.77. The van der Waals surface area contributed by atoms with E-state index in [2.05, 4.69) is 26.1 Å². The molecule has 22 heavy (non-hydrogen) atoms. The summed E-state index contributed by atoms with van der Waals surface area (Å²) >= 11 is 3.41. The number of para-hydroxylation sites is 1. The number of nitrogens with one attached hydrogen (secondary N) is 1. The molecule has 1 saturated heterocycles. The van der Waals surface area contributed by atoms with Gasteiger partial charge in [-0.25, -0.2) is 0 Å². The summed E-state index contributed by atoms with van der Waals surface area (Å²) in [6, 6.07) is 7.53. The van der Waals surface area contributed by atoms with Crippen molar-refractivity contribution in [2.45, 2.75) is 19.8 Å². The van der Waals surface area contributed by atoms with Gasteiger partial charge in [-0.2, -0.15) is 0 Å². The van der Waals surface area contributed by atoms with Crippen LogP contribution in [0.15, 0.2) is 28.7 Å². The van der Waals surface area contributed by atoms with Crippen LogP contribution >= 0.6 is 15.9 Å². The lowest BCUT2D eigenvalue weighted by atomic mass is 9.97. The molecular weight excluding hydrogens is 348 g/mol. The van der Waals surface area contributed by atoms with Gasteiger partial charge in [0.05, 0.1) is 24.8 Å². The summed E-state index contributed by atoms with van der Waals surface area (Å²) in [7, 11) is 0. The lowest BCUT2D eigenvalue weighted by molar-refractivity contribution is -0.149. The fraction of sp³-hybridized carbons (Fsp3) is 0.500. The van der Waals surface area contributed by atoms with Gasteiger partial charge in [0.25, 0.3) is 0 Å². The van der Waals surface area contributed by atoms with Crippen molar-refractivity contribution in [1.29, 1.82) is 0 Å². The topological polar surface area (TPSA) is 58.6 Å². The molecule has 0 unspecified atom stereocenters. The van der Waals surface area contributed by atoms with Gasteiger partial charge < -0.3 is 10.1 Å². The van der Waals surface area contributed by atoms with Gasteiger partial charge in [-0.05, 0) is 60.9 Å². The van der Waals surface area contributed by atoms with E-state index in [1.54, 1.807) is 0 Å². The number of halogens is 1. The van der Waals surface area contributed by atoms with Crippen LogP contribution in [0.5, 0.6) is 0 Å². The zero-order valence-corrected chi connectivity index (χ0v) is 14.3. The Hall–Kier alpha value is -1.40. The summed E-state index contributed by atoms with van der Waals surface area (Å²) in [6.07, 6.45) is 1.50. The quantitative estimate of drug-likeness (QED) is 0.811. The molecule has 0 bridgehead atoms. The number of ether oxygens (including phenoxy) is 1. The maximum atomic E-state index is 12.1. The third-order valence-electron chi connectivity index (χ3n) is 3.72. The van der Waals surface area contributed by atoms with Gasteiger partial charge in [-0.3, -0.25) is 14.5 Å². The van der Waals surface area contributed by atoms with E-state index < -0.39 is 0 Å². The van der Waals surface area contributed by atoms with Crippen molar-refractivity contribution >= 4 is 33.5 Å². The van der Waals surface area contributed by atoms with Crippen LogP contribution in [0.4, 0.5) is 5.69 Å². The van der Waals surface area contributed by atoms with Gasteiger partial charge in [0.2, 0.25) is 5.91 Å². The van der Waals surface area contributed by atoms with Gasteiger partial charge in [0.1, 0.15) is 0 Å². The molecule has 1 aromatic rings. The van der Waals surface area contributed by atoms with Crippen LogP contribution in [0.1, 0.15) is 19.8 Å². The molecule has 1 aliphatic rings. The Morgan fingerprint density at radius 1 is 1.32 bits per heavy atom. The Morgan fingerprint density at radius 3 is 2.64 bits per heavy atom. The maximum Gasteiger partial charge on any atom is 0.309 e. The first-order chi connectivity index (χ1) is 10.6. The molecule has 0 aliphatic carbocycles. The Labute approximate surface area is 139 Å². The summed E-state index contributed by atoms with van der Waals surface area (Å²) < 4.78 is 5.91. The Morgan fingerprint density at radius 2 is 2.00 bits per heavy atom. The van der Waals surface area contributed by atoms with E-state index in [0.717, 1.165) is 36.1 Å². The number of carbonyl (C=O) groups is 2.